The van der Waals surface area contributed by atoms with Crippen LogP contribution in [0.3, 0.4) is 0 Å². The van der Waals surface area contributed by atoms with Gasteiger partial charge in [0.25, 0.3) is 0 Å². The van der Waals surface area contributed by atoms with Crippen molar-refractivity contribution in [2.75, 3.05) is 0 Å². The van der Waals surface area contributed by atoms with Gasteiger partial charge in [0.15, 0.2) is 12.8 Å². The lowest BCUT2D eigenvalue weighted by molar-refractivity contribution is -0.469. The van der Waals surface area contributed by atoms with E-state index in [1.807, 2.05) is 30.3 Å². The molecule has 0 aliphatic heterocycles. The summed E-state index contributed by atoms with van der Waals surface area (Å²) >= 11 is 0. The Hall–Kier alpha value is -2.16. The van der Waals surface area contributed by atoms with Gasteiger partial charge in [-0.3, -0.25) is 0 Å². The normalized spacial score (nSPS) is 11.5. The summed E-state index contributed by atoms with van der Waals surface area (Å²) in [6.45, 7) is 0.217. The third kappa shape index (κ3) is 3.14. The van der Waals surface area contributed by atoms with E-state index in [2.05, 4.69) is 0 Å². The Bertz CT molecular complexity index is 523. The molecule has 0 bridgehead atoms. The summed E-state index contributed by atoms with van der Waals surface area (Å²) in [6.07, 6.45) is 1.27. The van der Waals surface area contributed by atoms with Crippen LogP contribution in [0.15, 0.2) is 54.6 Å². The molecule has 0 atom stereocenters. The molecule has 0 saturated carbocycles. The van der Waals surface area contributed by atoms with Gasteiger partial charge < -0.3 is 5.21 Å². The SMILES string of the molecule is [O-][N+](=Cc1ccccc1F)Cc1ccccc1. The van der Waals surface area contributed by atoms with Crippen LogP contribution in [-0.4, -0.2) is 11.0 Å². The summed E-state index contributed by atoms with van der Waals surface area (Å²) in [5.74, 6) is -0.388. The Kier molecular flexibility index (Phi) is 3.50. The number of hydrogen-bond donors (Lipinski definition) is 0. The summed E-state index contributed by atoms with van der Waals surface area (Å²) in [6, 6.07) is 15.6. The van der Waals surface area contributed by atoms with Crippen molar-refractivity contribution in [2.45, 2.75) is 6.54 Å². The lowest BCUT2D eigenvalue weighted by Crippen LogP contribution is -2.06. The zero-order valence-corrected chi connectivity index (χ0v) is 9.21. The van der Waals surface area contributed by atoms with Crippen LogP contribution < -0.4 is 0 Å². The van der Waals surface area contributed by atoms with Crippen LogP contribution in [0.4, 0.5) is 4.39 Å². The Balaban J connectivity index is 2.16. The maximum Gasteiger partial charge on any atom is 0.185 e. The third-order valence-corrected chi connectivity index (χ3v) is 2.37. The molecule has 2 rings (SSSR count). The van der Waals surface area contributed by atoms with Crippen LogP contribution in [0, 0.1) is 11.0 Å². The molecule has 0 saturated heterocycles. The standard InChI is InChI=1S/C14H12FNO/c15-14-9-5-4-8-13(14)11-16(17)10-12-6-2-1-3-7-12/h1-9,11H,10H2. The minimum absolute atomic E-state index is 0.217. The van der Waals surface area contributed by atoms with E-state index in [0.29, 0.717) is 5.56 Å². The van der Waals surface area contributed by atoms with E-state index in [4.69, 9.17) is 0 Å². The summed E-state index contributed by atoms with van der Waals surface area (Å²) in [5.41, 5.74) is 1.20. The highest BCUT2D eigenvalue weighted by Gasteiger charge is 2.02. The van der Waals surface area contributed by atoms with Gasteiger partial charge in [0, 0.05) is 5.56 Å². The van der Waals surface area contributed by atoms with Crippen LogP contribution in [0.1, 0.15) is 11.1 Å². The fraction of sp³-hybridized carbons (Fsp3) is 0.0714. The minimum Gasteiger partial charge on any atom is -0.624 e. The summed E-state index contributed by atoms with van der Waals surface area (Å²) in [7, 11) is 0. The Morgan fingerprint density at radius 1 is 1.00 bits per heavy atom. The fourth-order valence-corrected chi connectivity index (χ4v) is 1.54. The lowest BCUT2D eigenvalue weighted by Gasteiger charge is -2.04. The molecule has 3 heteroatoms. The van der Waals surface area contributed by atoms with Crippen LogP contribution in [0.5, 0.6) is 0 Å². The zero-order valence-electron chi connectivity index (χ0n) is 9.21. The van der Waals surface area contributed by atoms with Gasteiger partial charge in [-0.05, 0) is 12.1 Å². The van der Waals surface area contributed by atoms with E-state index in [9.17, 15) is 9.60 Å². The maximum atomic E-state index is 13.3. The van der Waals surface area contributed by atoms with Crippen LogP contribution in [-0.2, 0) is 6.54 Å². The number of hydrogen-bond acceptors (Lipinski definition) is 1. The molecule has 0 unspecified atom stereocenters. The van der Waals surface area contributed by atoms with Crippen molar-refractivity contribution in [3.05, 3.63) is 76.7 Å². The quantitative estimate of drug-likeness (QED) is 0.344. The van der Waals surface area contributed by atoms with Gasteiger partial charge in [-0.15, -0.1) is 0 Å². The molecule has 0 aromatic heterocycles. The van der Waals surface area contributed by atoms with Crippen LogP contribution in [0.25, 0.3) is 0 Å². The zero-order chi connectivity index (χ0) is 12.1. The molecule has 0 N–H and O–H groups in total. The molecule has 86 valence electrons. The van der Waals surface area contributed by atoms with Crippen molar-refractivity contribution in [1.82, 2.24) is 0 Å². The molecule has 0 radical (unpaired) electrons. The predicted molar refractivity (Wildman–Crippen MR) is 65.3 cm³/mol. The largest absolute Gasteiger partial charge is 0.624 e. The molecule has 0 fully saturated rings. The molecule has 0 aliphatic rings. The molecular formula is C14H12FNO. The highest BCUT2D eigenvalue weighted by Crippen LogP contribution is 2.04. The molecule has 17 heavy (non-hydrogen) atoms. The highest BCUT2D eigenvalue weighted by molar-refractivity contribution is 5.75. The molecular weight excluding hydrogens is 217 g/mol. The van der Waals surface area contributed by atoms with Gasteiger partial charge in [0.05, 0.1) is 5.56 Å². The summed E-state index contributed by atoms with van der Waals surface area (Å²) < 4.78 is 14.0. The average Bonchev–Trinajstić information content (AvgIpc) is 2.33. The van der Waals surface area contributed by atoms with Crippen molar-refractivity contribution in [2.24, 2.45) is 0 Å². The molecule has 0 amide bonds. The molecule has 2 aromatic carbocycles. The van der Waals surface area contributed by atoms with Gasteiger partial charge in [-0.2, -0.15) is 0 Å². The number of hydroxylamine groups is 1. The first-order valence-corrected chi connectivity index (χ1v) is 5.33. The molecule has 2 nitrogen and oxygen atoms in total. The van der Waals surface area contributed by atoms with Crippen molar-refractivity contribution in [3.8, 4) is 0 Å². The van der Waals surface area contributed by atoms with Gasteiger partial charge in [0.2, 0.25) is 0 Å². The highest BCUT2D eigenvalue weighted by atomic mass is 19.1. The lowest BCUT2D eigenvalue weighted by atomic mass is 10.2. The summed E-state index contributed by atoms with van der Waals surface area (Å²) in [4.78, 5) is 0. The maximum absolute atomic E-state index is 13.3. The monoisotopic (exact) mass is 229 g/mol. The van der Waals surface area contributed by atoms with Gasteiger partial charge >= 0.3 is 0 Å². The van der Waals surface area contributed by atoms with Crippen molar-refractivity contribution in [1.29, 1.82) is 0 Å². The minimum atomic E-state index is -0.388. The Morgan fingerprint density at radius 3 is 2.35 bits per heavy atom. The van der Waals surface area contributed by atoms with Gasteiger partial charge in [-0.25, -0.2) is 9.13 Å². The molecule has 0 heterocycles. The summed E-state index contributed by atoms with van der Waals surface area (Å²) in [5, 5.41) is 11.6. The number of rotatable bonds is 3. The molecule has 2 aromatic rings. The fourth-order valence-electron chi connectivity index (χ4n) is 1.54. The van der Waals surface area contributed by atoms with Crippen LogP contribution in [0.2, 0.25) is 0 Å². The first kappa shape index (κ1) is 11.3. The number of halogens is 1. The van der Waals surface area contributed by atoms with E-state index < -0.39 is 0 Å². The van der Waals surface area contributed by atoms with Crippen molar-refractivity contribution < 1.29 is 9.13 Å². The second kappa shape index (κ2) is 5.25. The van der Waals surface area contributed by atoms with E-state index in [-0.39, 0.29) is 12.4 Å². The first-order valence-electron chi connectivity index (χ1n) is 5.33. The second-order valence-corrected chi connectivity index (χ2v) is 3.71. The van der Waals surface area contributed by atoms with Crippen molar-refractivity contribution >= 4 is 6.21 Å². The Labute approximate surface area is 99.2 Å². The van der Waals surface area contributed by atoms with Gasteiger partial charge in [0.1, 0.15) is 5.82 Å². The topological polar surface area (TPSA) is 26.1 Å². The number of benzene rings is 2. The Morgan fingerprint density at radius 2 is 1.65 bits per heavy atom. The van der Waals surface area contributed by atoms with Gasteiger partial charge in [-0.1, -0.05) is 42.5 Å². The average molecular weight is 229 g/mol. The predicted octanol–water partition coefficient (Wildman–Crippen LogP) is 2.96. The first-order chi connectivity index (χ1) is 8.25. The van der Waals surface area contributed by atoms with Crippen LogP contribution >= 0.6 is 0 Å². The second-order valence-electron chi connectivity index (χ2n) is 3.71. The molecule has 0 aliphatic carbocycles. The number of nitrogens with zero attached hydrogens (tertiary/aromatic N) is 1. The van der Waals surface area contributed by atoms with E-state index in [0.717, 1.165) is 10.3 Å². The molecule has 0 spiro atoms. The van der Waals surface area contributed by atoms with E-state index in [1.54, 1.807) is 18.2 Å². The van der Waals surface area contributed by atoms with E-state index >= 15 is 0 Å². The van der Waals surface area contributed by atoms with Crippen molar-refractivity contribution in [3.63, 3.8) is 0 Å². The van der Waals surface area contributed by atoms with E-state index in [1.165, 1.54) is 12.3 Å². The third-order valence-electron chi connectivity index (χ3n) is 2.37. The smallest absolute Gasteiger partial charge is 0.185 e.